The van der Waals surface area contributed by atoms with Crippen LogP contribution >= 0.6 is 0 Å². The summed E-state index contributed by atoms with van der Waals surface area (Å²) in [5.41, 5.74) is 6.28. The summed E-state index contributed by atoms with van der Waals surface area (Å²) in [4.78, 5) is 9.07. The van der Waals surface area contributed by atoms with Gasteiger partial charge in [-0.25, -0.2) is 0 Å². The van der Waals surface area contributed by atoms with Crippen LogP contribution in [0.2, 0.25) is 39.3 Å². The summed E-state index contributed by atoms with van der Waals surface area (Å²) in [7, 11) is -2.78. The summed E-state index contributed by atoms with van der Waals surface area (Å²) >= 11 is 0. The van der Waals surface area contributed by atoms with Crippen molar-refractivity contribution in [2.45, 2.75) is 52.2 Å². The van der Waals surface area contributed by atoms with Crippen LogP contribution in [0.25, 0.3) is 55.2 Å². The van der Waals surface area contributed by atoms with Crippen molar-refractivity contribution in [3.63, 3.8) is 0 Å². The van der Waals surface area contributed by atoms with Crippen molar-refractivity contribution in [2.75, 3.05) is 0 Å². The first-order chi connectivity index (χ1) is 22.7. The number of nitrogens with zero attached hydrogens (tertiary/aromatic N) is 2. The molecule has 235 valence electrons. The number of rotatable bonds is 5. The molecule has 3 heterocycles. The van der Waals surface area contributed by atoms with Gasteiger partial charge in [0.15, 0.2) is 0 Å². The Kier molecular flexibility index (Phi) is 8.77. The molecule has 0 aliphatic heterocycles. The van der Waals surface area contributed by atoms with Gasteiger partial charge in [-0.15, -0.1) is 54.1 Å². The Labute approximate surface area is 292 Å². The summed E-state index contributed by atoms with van der Waals surface area (Å²) in [5.74, 6) is 0. The topological polar surface area (TPSA) is 38.9 Å². The van der Waals surface area contributed by atoms with Gasteiger partial charge in [-0.3, -0.25) is 0 Å². The fourth-order valence-corrected chi connectivity index (χ4v) is 8.03. The normalized spacial score (nSPS) is 13.0. The molecule has 7 aromatic rings. The molecule has 3 aromatic heterocycles. The van der Waals surface area contributed by atoms with E-state index in [1.165, 1.54) is 11.4 Å². The maximum Gasteiger partial charge on any atom is 0.128 e. The Bertz CT molecular complexity index is 2220. The second-order valence-electron chi connectivity index (χ2n) is 13.8. The van der Waals surface area contributed by atoms with Crippen molar-refractivity contribution in [1.82, 2.24) is 9.97 Å². The van der Waals surface area contributed by atoms with Gasteiger partial charge in [0, 0.05) is 55.5 Å². The molecule has 0 aliphatic rings. The second kappa shape index (κ2) is 13.6. The van der Waals surface area contributed by atoms with Crippen LogP contribution in [0.15, 0.2) is 108 Å². The minimum atomic E-state index is -2.19. The molecule has 3 nitrogen and oxygen atoms in total. The number of hydrogen-bond donors (Lipinski definition) is 0. The predicted molar refractivity (Wildman–Crippen MR) is 197 cm³/mol. The number of aryl methyl sites for hydroxylation is 1. The van der Waals surface area contributed by atoms with E-state index in [4.69, 9.17) is 8.53 Å². The van der Waals surface area contributed by atoms with Crippen LogP contribution in [0, 0.1) is 19.0 Å². The molecule has 0 amide bonds. The molecule has 7 rings (SSSR count). The van der Waals surface area contributed by atoms with Gasteiger partial charge in [0.2, 0.25) is 0 Å². The number of pyridine rings is 2. The molecule has 4 aromatic carbocycles. The Balaban J connectivity index is 0.000000233. The quantitative estimate of drug-likeness (QED) is 0.128. The first-order valence-electron chi connectivity index (χ1n) is 16.9. The molecule has 0 saturated carbocycles. The third-order valence-electron chi connectivity index (χ3n) is 7.90. The molecule has 0 saturated heterocycles. The smallest absolute Gasteiger partial charge is 0.128 e. The third kappa shape index (κ3) is 7.32. The monoisotopic (exact) mass is 816 g/mol. The Morgan fingerprint density at radius 3 is 2.17 bits per heavy atom. The third-order valence-corrected chi connectivity index (χ3v) is 11.4. The average Bonchev–Trinajstić information content (AvgIpc) is 3.43. The van der Waals surface area contributed by atoms with E-state index in [1.54, 1.807) is 0 Å². The van der Waals surface area contributed by atoms with Crippen molar-refractivity contribution in [3.8, 4) is 22.5 Å². The summed E-state index contributed by atoms with van der Waals surface area (Å²) in [6, 6.07) is 37.7. The Hall–Kier alpha value is -3.68. The first kappa shape index (κ1) is 29.7. The molecule has 0 fully saturated rings. The Morgan fingerprint density at radius 2 is 1.48 bits per heavy atom. The molecular weight excluding hydrogens is 773 g/mol. The van der Waals surface area contributed by atoms with E-state index < -0.39 is 23.0 Å². The van der Waals surface area contributed by atoms with Crippen molar-refractivity contribution in [2.24, 2.45) is 0 Å². The molecule has 0 unspecified atom stereocenters. The molecule has 0 spiro atoms. The number of aromatic nitrogens is 2. The maximum atomic E-state index is 7.96. The van der Waals surface area contributed by atoms with Crippen LogP contribution in [-0.2, 0) is 26.1 Å². The zero-order chi connectivity index (χ0) is 34.3. The molecule has 0 atom stereocenters. The van der Waals surface area contributed by atoms with Crippen LogP contribution in [0.5, 0.6) is 0 Å². The van der Waals surface area contributed by atoms with E-state index in [0.29, 0.717) is 11.3 Å². The van der Waals surface area contributed by atoms with Crippen molar-refractivity contribution in [1.29, 1.82) is 0 Å². The largest absolute Gasteiger partial charge is 0.500 e. The van der Waals surface area contributed by atoms with Gasteiger partial charge in [-0.2, -0.15) is 0 Å². The summed E-state index contributed by atoms with van der Waals surface area (Å²) < 4.78 is 30.3. The van der Waals surface area contributed by atoms with E-state index >= 15 is 0 Å². The summed E-state index contributed by atoms with van der Waals surface area (Å²) in [5, 5.41) is 5.65. The minimum Gasteiger partial charge on any atom is -0.500 e. The van der Waals surface area contributed by atoms with Gasteiger partial charge in [-0.05, 0) is 40.4 Å². The van der Waals surface area contributed by atoms with Crippen molar-refractivity contribution >= 4 is 54.0 Å². The van der Waals surface area contributed by atoms with Crippen molar-refractivity contribution in [3.05, 3.63) is 127 Å². The second-order valence-corrected chi connectivity index (χ2v) is 24.3. The van der Waals surface area contributed by atoms with Gasteiger partial charge in [0.05, 0.1) is 13.7 Å². The predicted octanol–water partition coefficient (Wildman–Crippen LogP) is 10.4. The van der Waals surface area contributed by atoms with Crippen LogP contribution < -0.4 is 5.19 Å². The molecular formula is C40H40IrN2OSi2-2. The van der Waals surface area contributed by atoms with E-state index in [9.17, 15) is 0 Å². The van der Waals surface area contributed by atoms with Gasteiger partial charge in [-0.1, -0.05) is 110 Å². The molecule has 0 N–H and O–H groups in total. The fraction of sp³-hybridized carbons (Fsp3) is 0.200. The molecule has 46 heavy (non-hydrogen) atoms. The number of benzene rings is 4. The van der Waals surface area contributed by atoms with Crippen LogP contribution in [-0.4, -0.2) is 26.1 Å². The van der Waals surface area contributed by atoms with E-state index in [2.05, 4.69) is 97.8 Å². The number of hydrogen-bond acceptors (Lipinski definition) is 3. The Morgan fingerprint density at radius 1 is 0.717 bits per heavy atom. The van der Waals surface area contributed by atoms with Gasteiger partial charge >= 0.3 is 0 Å². The SMILES string of the molecule is C[Si](C)(C)c1ccc(-c2[c-]cccc2)nc1.[2H]C([2H])([2H])c1cnc(-c2[c-]ccc3c2oc2c4ccccc4ccc32)cc1C[Si](C)(C)C.[Ir]. The zero-order valence-corrected chi connectivity index (χ0v) is 31.6. The van der Waals surface area contributed by atoms with E-state index in [1.807, 2.05) is 60.8 Å². The number of fused-ring (bicyclic) bond motifs is 5. The summed E-state index contributed by atoms with van der Waals surface area (Å²) in [6.07, 6.45) is 3.53. The minimum absolute atomic E-state index is 0. The molecule has 6 heteroatoms. The van der Waals surface area contributed by atoms with E-state index in [-0.39, 0.29) is 20.1 Å². The van der Waals surface area contributed by atoms with Crippen LogP contribution in [0.1, 0.15) is 15.2 Å². The standard InChI is InChI=1S/C26H24NOSi.C14H16NSi.Ir/c1-17-15-27-24(14-19(17)16-29(2,3)4)23-11-7-10-21-22-13-12-18-8-5-6-9-20(18)25(22)28-26(21)23;1-16(2,3)13-9-10-14(15-11-13)12-7-5-4-6-8-12;/h5-10,12-15H,16H2,1-4H3;4-7,9-11H,1-3H3;/q2*-1;/i1D3;;. The van der Waals surface area contributed by atoms with Crippen LogP contribution in [0.4, 0.5) is 0 Å². The van der Waals surface area contributed by atoms with Crippen LogP contribution in [0.3, 0.4) is 0 Å². The average molecular weight is 816 g/mol. The summed E-state index contributed by atoms with van der Waals surface area (Å²) in [6.45, 7) is 11.5. The first-order valence-corrected chi connectivity index (χ1v) is 22.6. The van der Waals surface area contributed by atoms with Crippen molar-refractivity contribution < 1.29 is 28.6 Å². The van der Waals surface area contributed by atoms with Gasteiger partial charge in [0.1, 0.15) is 5.58 Å². The molecule has 0 bridgehead atoms. The maximum absolute atomic E-state index is 7.96. The molecule has 1 radical (unpaired) electrons. The molecule has 0 aliphatic carbocycles. The van der Waals surface area contributed by atoms with E-state index in [0.717, 1.165) is 61.1 Å². The number of furan rings is 1. The van der Waals surface area contributed by atoms with Gasteiger partial charge in [0.25, 0.3) is 0 Å². The fourth-order valence-electron chi connectivity index (χ4n) is 5.56. The van der Waals surface area contributed by atoms with Gasteiger partial charge < -0.3 is 14.4 Å². The zero-order valence-electron chi connectivity index (χ0n) is 30.2.